The van der Waals surface area contributed by atoms with E-state index in [0.29, 0.717) is 11.3 Å². The van der Waals surface area contributed by atoms with Gasteiger partial charge in [-0.05, 0) is 28.1 Å². The number of benzene rings is 1. The summed E-state index contributed by atoms with van der Waals surface area (Å²) >= 11 is 3.34. The molecule has 0 spiro atoms. The third-order valence-corrected chi connectivity index (χ3v) is 2.75. The summed E-state index contributed by atoms with van der Waals surface area (Å²) in [7, 11) is 0. The molecule has 1 aromatic carbocycles. The highest BCUT2D eigenvalue weighted by atomic mass is 79.9. The molecule has 1 aromatic heterocycles. The average Bonchev–Trinajstić information content (AvgIpc) is 2.60. The number of hydrogen-bond donors (Lipinski definition) is 1. The van der Waals surface area contributed by atoms with Crippen molar-refractivity contribution in [1.29, 1.82) is 0 Å². The molecule has 0 saturated heterocycles. The fourth-order valence-corrected chi connectivity index (χ4v) is 1.75. The topological polar surface area (TPSA) is 43.8 Å². The van der Waals surface area contributed by atoms with Gasteiger partial charge >= 0.3 is 0 Å². The van der Waals surface area contributed by atoms with Crippen LogP contribution < -0.4 is 5.73 Å². The zero-order valence-electron chi connectivity index (χ0n) is 7.82. The number of rotatable bonds is 2. The molecular weight excluding hydrogens is 261 g/mol. The minimum Gasteiger partial charge on any atom is -0.326 e. The highest BCUT2D eigenvalue weighted by Crippen LogP contribution is 2.21. The maximum absolute atomic E-state index is 13.7. The summed E-state index contributed by atoms with van der Waals surface area (Å²) in [5.74, 6) is -0.413. The first-order valence-corrected chi connectivity index (χ1v) is 5.20. The standard InChI is InChI=1S/C10H9BrFN3/c11-8-3-1-2-4-9(8)15-10(12)7(5-13)6-14-15/h1-4,6H,5,13H2. The Morgan fingerprint density at radius 2 is 2.13 bits per heavy atom. The molecule has 1 heterocycles. The molecule has 2 rings (SSSR count). The Kier molecular flexibility index (Phi) is 2.83. The highest BCUT2D eigenvalue weighted by Gasteiger charge is 2.11. The van der Waals surface area contributed by atoms with Crippen LogP contribution >= 0.6 is 15.9 Å². The van der Waals surface area contributed by atoms with E-state index in [1.165, 1.54) is 10.9 Å². The van der Waals surface area contributed by atoms with Gasteiger partial charge in [0.15, 0.2) is 0 Å². The quantitative estimate of drug-likeness (QED) is 0.909. The molecule has 3 nitrogen and oxygen atoms in total. The minimum absolute atomic E-state index is 0.149. The van der Waals surface area contributed by atoms with E-state index in [1.54, 1.807) is 6.07 Å². The van der Waals surface area contributed by atoms with Crippen LogP contribution in [-0.2, 0) is 6.54 Å². The zero-order valence-corrected chi connectivity index (χ0v) is 9.41. The monoisotopic (exact) mass is 269 g/mol. The summed E-state index contributed by atoms with van der Waals surface area (Å²) in [5.41, 5.74) is 6.44. The van der Waals surface area contributed by atoms with Gasteiger partial charge in [-0.15, -0.1) is 0 Å². The molecule has 78 valence electrons. The third kappa shape index (κ3) is 1.80. The molecule has 0 amide bonds. The van der Waals surface area contributed by atoms with Crippen LogP contribution in [0.3, 0.4) is 0 Å². The van der Waals surface area contributed by atoms with Crippen molar-refractivity contribution in [2.75, 3.05) is 0 Å². The second-order valence-electron chi connectivity index (χ2n) is 3.03. The van der Waals surface area contributed by atoms with Crippen molar-refractivity contribution in [3.63, 3.8) is 0 Å². The summed E-state index contributed by atoms with van der Waals surface area (Å²) in [5, 5.41) is 3.95. The fourth-order valence-electron chi connectivity index (χ4n) is 1.30. The lowest BCUT2D eigenvalue weighted by Crippen LogP contribution is -2.03. The molecule has 0 aliphatic carbocycles. The Hall–Kier alpha value is -1.20. The third-order valence-electron chi connectivity index (χ3n) is 2.08. The Morgan fingerprint density at radius 1 is 1.40 bits per heavy atom. The Morgan fingerprint density at radius 3 is 2.73 bits per heavy atom. The average molecular weight is 270 g/mol. The first-order valence-electron chi connectivity index (χ1n) is 4.41. The second-order valence-corrected chi connectivity index (χ2v) is 3.88. The fraction of sp³-hybridized carbons (Fsp3) is 0.100. The first-order chi connectivity index (χ1) is 7.24. The van der Waals surface area contributed by atoms with Gasteiger partial charge in [-0.1, -0.05) is 12.1 Å². The Balaban J connectivity index is 2.55. The van der Waals surface area contributed by atoms with Crippen LogP contribution in [0, 0.1) is 5.95 Å². The zero-order chi connectivity index (χ0) is 10.8. The van der Waals surface area contributed by atoms with E-state index >= 15 is 0 Å². The van der Waals surface area contributed by atoms with Gasteiger partial charge in [-0.2, -0.15) is 9.49 Å². The Bertz CT molecular complexity index is 481. The van der Waals surface area contributed by atoms with Crippen molar-refractivity contribution in [3.05, 3.63) is 46.4 Å². The summed E-state index contributed by atoms with van der Waals surface area (Å²) < 4.78 is 15.7. The van der Waals surface area contributed by atoms with Gasteiger partial charge in [0.1, 0.15) is 0 Å². The first kappa shape index (κ1) is 10.3. The number of para-hydroxylation sites is 1. The van der Waals surface area contributed by atoms with Crippen molar-refractivity contribution in [2.24, 2.45) is 5.73 Å². The van der Waals surface area contributed by atoms with Crippen LogP contribution in [0.25, 0.3) is 5.69 Å². The molecule has 0 unspecified atom stereocenters. The van der Waals surface area contributed by atoms with Gasteiger partial charge in [0.05, 0.1) is 11.9 Å². The summed E-state index contributed by atoms with van der Waals surface area (Å²) in [6, 6.07) is 7.29. The van der Waals surface area contributed by atoms with Gasteiger partial charge in [-0.3, -0.25) is 0 Å². The molecule has 0 atom stereocenters. The van der Waals surface area contributed by atoms with Crippen molar-refractivity contribution in [2.45, 2.75) is 6.54 Å². The molecule has 15 heavy (non-hydrogen) atoms. The lowest BCUT2D eigenvalue weighted by molar-refractivity contribution is 0.526. The highest BCUT2D eigenvalue weighted by molar-refractivity contribution is 9.10. The lowest BCUT2D eigenvalue weighted by atomic mass is 10.3. The van der Waals surface area contributed by atoms with Crippen LogP contribution in [0.2, 0.25) is 0 Å². The lowest BCUT2D eigenvalue weighted by Gasteiger charge is -2.04. The predicted octanol–water partition coefficient (Wildman–Crippen LogP) is 2.23. The van der Waals surface area contributed by atoms with Crippen LogP contribution in [0.5, 0.6) is 0 Å². The molecule has 2 N–H and O–H groups in total. The SMILES string of the molecule is NCc1cnn(-c2ccccc2Br)c1F. The second kappa shape index (κ2) is 4.12. The number of halogens is 2. The number of aromatic nitrogens is 2. The molecule has 0 aliphatic heterocycles. The maximum atomic E-state index is 13.7. The van der Waals surface area contributed by atoms with Crippen LogP contribution in [0.4, 0.5) is 4.39 Å². The minimum atomic E-state index is -0.413. The van der Waals surface area contributed by atoms with E-state index in [-0.39, 0.29) is 6.54 Å². The van der Waals surface area contributed by atoms with Gasteiger partial charge in [-0.25, -0.2) is 4.68 Å². The van der Waals surface area contributed by atoms with E-state index in [2.05, 4.69) is 21.0 Å². The van der Waals surface area contributed by atoms with E-state index < -0.39 is 5.95 Å². The summed E-state index contributed by atoms with van der Waals surface area (Å²) in [4.78, 5) is 0. The summed E-state index contributed by atoms with van der Waals surface area (Å²) in [6.07, 6.45) is 1.44. The van der Waals surface area contributed by atoms with Crippen molar-refractivity contribution < 1.29 is 4.39 Å². The molecule has 5 heteroatoms. The van der Waals surface area contributed by atoms with Crippen molar-refractivity contribution in [1.82, 2.24) is 9.78 Å². The molecule has 0 radical (unpaired) electrons. The van der Waals surface area contributed by atoms with Crippen molar-refractivity contribution >= 4 is 15.9 Å². The van der Waals surface area contributed by atoms with E-state index in [4.69, 9.17) is 5.73 Å². The number of nitrogens with two attached hydrogens (primary N) is 1. The molecule has 0 saturated carbocycles. The smallest absolute Gasteiger partial charge is 0.220 e. The van der Waals surface area contributed by atoms with E-state index in [0.717, 1.165) is 4.47 Å². The Labute approximate surface area is 94.8 Å². The van der Waals surface area contributed by atoms with Crippen LogP contribution in [0.1, 0.15) is 5.56 Å². The largest absolute Gasteiger partial charge is 0.326 e. The van der Waals surface area contributed by atoms with Crippen molar-refractivity contribution in [3.8, 4) is 5.69 Å². The predicted molar refractivity (Wildman–Crippen MR) is 59.1 cm³/mol. The van der Waals surface area contributed by atoms with E-state index in [1.807, 2.05) is 18.2 Å². The number of hydrogen-bond acceptors (Lipinski definition) is 2. The van der Waals surface area contributed by atoms with Gasteiger partial charge < -0.3 is 5.73 Å². The molecule has 2 aromatic rings. The number of nitrogens with zero attached hydrogens (tertiary/aromatic N) is 2. The molecule has 0 fully saturated rings. The van der Waals surface area contributed by atoms with Crippen LogP contribution in [0.15, 0.2) is 34.9 Å². The molecular formula is C10H9BrFN3. The van der Waals surface area contributed by atoms with Gasteiger partial charge in [0.2, 0.25) is 5.95 Å². The maximum Gasteiger partial charge on any atom is 0.220 e. The van der Waals surface area contributed by atoms with Gasteiger partial charge in [0, 0.05) is 16.6 Å². The van der Waals surface area contributed by atoms with Gasteiger partial charge in [0.25, 0.3) is 0 Å². The van der Waals surface area contributed by atoms with E-state index in [9.17, 15) is 4.39 Å². The molecule has 0 aliphatic rings. The van der Waals surface area contributed by atoms with Crippen LogP contribution in [-0.4, -0.2) is 9.78 Å². The normalized spacial score (nSPS) is 10.6. The summed E-state index contributed by atoms with van der Waals surface area (Å²) in [6.45, 7) is 0.149. The molecule has 0 bridgehead atoms.